The van der Waals surface area contributed by atoms with Crippen molar-refractivity contribution in [1.82, 2.24) is 15.6 Å². The number of alkyl carbamates (subject to hydrolysis) is 1. The zero-order valence-electron chi connectivity index (χ0n) is 25.5. The third kappa shape index (κ3) is 11.3. The van der Waals surface area contributed by atoms with Gasteiger partial charge in [-0.1, -0.05) is 81.4 Å². The Bertz CT molecular complexity index is 1220. The van der Waals surface area contributed by atoms with Gasteiger partial charge in [-0.25, -0.2) is 4.79 Å². The van der Waals surface area contributed by atoms with E-state index in [0.29, 0.717) is 25.7 Å². The highest BCUT2D eigenvalue weighted by atomic mass is 32.1. The Morgan fingerprint density at radius 2 is 1.48 bits per heavy atom. The second-order valence-corrected chi connectivity index (χ2v) is 18.0. The van der Waals surface area contributed by atoms with Crippen molar-refractivity contribution >= 4 is 31.7 Å². The number of carbonyl (C=O) groups is 2. The summed E-state index contributed by atoms with van der Waals surface area (Å²) < 4.78 is 11.7. The Kier molecular flexibility index (Phi) is 12.7. The Morgan fingerprint density at radius 1 is 0.929 bits per heavy atom. The minimum absolute atomic E-state index is 0.0294. The van der Waals surface area contributed by atoms with Crippen LogP contribution in [0.25, 0.3) is 0 Å². The number of carbonyl (C=O) groups excluding carboxylic acids is 2. The Balaban J connectivity index is 1.66. The number of thiazole rings is 1. The summed E-state index contributed by atoms with van der Waals surface area (Å²) in [7, 11) is -2.04. The van der Waals surface area contributed by atoms with Gasteiger partial charge in [-0.2, -0.15) is 0 Å². The van der Waals surface area contributed by atoms with Gasteiger partial charge in [-0.3, -0.25) is 9.78 Å². The molecule has 0 unspecified atom stereocenters. The Labute approximate surface area is 255 Å². The normalized spacial score (nSPS) is 14.0. The summed E-state index contributed by atoms with van der Waals surface area (Å²) in [6, 6.07) is 19.0. The molecule has 0 bridgehead atoms. The van der Waals surface area contributed by atoms with E-state index in [1.807, 2.05) is 48.5 Å². The molecule has 0 aliphatic heterocycles. The highest BCUT2D eigenvalue weighted by Gasteiger charge is 2.38. The van der Waals surface area contributed by atoms with Gasteiger partial charge in [0.05, 0.1) is 17.0 Å². The van der Waals surface area contributed by atoms with E-state index in [0.717, 1.165) is 16.0 Å². The van der Waals surface area contributed by atoms with Gasteiger partial charge in [0.2, 0.25) is 5.91 Å². The van der Waals surface area contributed by atoms with Crippen molar-refractivity contribution in [3.63, 3.8) is 0 Å². The van der Waals surface area contributed by atoms with Gasteiger partial charge in [0, 0.05) is 18.3 Å². The van der Waals surface area contributed by atoms with Crippen LogP contribution in [-0.4, -0.2) is 50.0 Å². The summed E-state index contributed by atoms with van der Waals surface area (Å²) in [5.41, 5.74) is 10.3. The quantitative estimate of drug-likeness (QED) is 0.186. The molecule has 42 heavy (non-hydrogen) atoms. The molecule has 10 heteroatoms. The van der Waals surface area contributed by atoms with Crippen LogP contribution < -0.4 is 16.4 Å². The number of nitrogens with one attached hydrogen (secondary N) is 2. The van der Waals surface area contributed by atoms with Crippen molar-refractivity contribution < 1.29 is 18.8 Å². The molecule has 0 spiro atoms. The van der Waals surface area contributed by atoms with E-state index in [1.165, 1.54) is 11.3 Å². The van der Waals surface area contributed by atoms with Crippen LogP contribution in [0.15, 0.2) is 72.4 Å². The largest absolute Gasteiger partial charge is 0.444 e. The average molecular weight is 611 g/mol. The molecule has 3 rings (SSSR count). The third-order valence-electron chi connectivity index (χ3n) is 7.78. The number of nitrogens with two attached hydrogens (primary N) is 1. The summed E-state index contributed by atoms with van der Waals surface area (Å²) >= 11 is 1.44. The molecule has 0 saturated carbocycles. The zero-order valence-corrected chi connectivity index (χ0v) is 27.3. The van der Waals surface area contributed by atoms with Gasteiger partial charge >= 0.3 is 6.09 Å². The fourth-order valence-corrected chi connectivity index (χ4v) is 5.74. The number of aromatic nitrogens is 1. The molecule has 3 aromatic rings. The number of hydrogen-bond donors (Lipinski definition) is 3. The van der Waals surface area contributed by atoms with Gasteiger partial charge in [0.1, 0.15) is 12.6 Å². The van der Waals surface area contributed by atoms with Crippen LogP contribution in [0.1, 0.15) is 49.6 Å². The first-order chi connectivity index (χ1) is 19.9. The standard InChI is InChI=1S/C32H46N4O4SSi/c1-32(2,3)42(4,5)40-22-29(33)30(37)35-26(18-24-12-8-6-9-13-24)16-17-27(19-25-14-10-7-11-15-25)36-31(38)39-21-28-20-34-23-41-28/h6-15,20,23,26-27,29H,16-19,21-22,33H2,1-5H3,(H,35,37)(H,36,38)/t26-,27-,29-/m0/s1. The molecule has 0 aliphatic rings. The number of ether oxygens (including phenoxy) is 1. The molecule has 0 fully saturated rings. The van der Waals surface area contributed by atoms with E-state index in [-0.39, 0.29) is 36.2 Å². The first-order valence-electron chi connectivity index (χ1n) is 14.5. The lowest BCUT2D eigenvalue weighted by atomic mass is 9.96. The Hall–Kier alpha value is -3.05. The summed E-state index contributed by atoms with van der Waals surface area (Å²) in [5.74, 6) is -0.230. The predicted molar refractivity (Wildman–Crippen MR) is 172 cm³/mol. The van der Waals surface area contributed by atoms with E-state index in [9.17, 15) is 9.59 Å². The highest BCUT2D eigenvalue weighted by molar-refractivity contribution is 7.09. The Morgan fingerprint density at radius 3 is 1.98 bits per heavy atom. The first-order valence-corrected chi connectivity index (χ1v) is 18.3. The maximum atomic E-state index is 13.2. The van der Waals surface area contributed by atoms with Gasteiger partial charge < -0.3 is 25.5 Å². The number of hydrogen-bond acceptors (Lipinski definition) is 7. The fourth-order valence-electron chi connectivity index (χ4n) is 4.21. The highest BCUT2D eigenvalue weighted by Crippen LogP contribution is 2.36. The molecule has 8 nitrogen and oxygen atoms in total. The third-order valence-corrected chi connectivity index (χ3v) is 13.0. The number of rotatable bonds is 15. The monoisotopic (exact) mass is 610 g/mol. The van der Waals surface area contributed by atoms with Crippen LogP contribution in [0.3, 0.4) is 0 Å². The van der Waals surface area contributed by atoms with E-state index in [4.69, 9.17) is 14.9 Å². The lowest BCUT2D eigenvalue weighted by Gasteiger charge is -2.36. The summed E-state index contributed by atoms with van der Waals surface area (Å²) in [5, 5.41) is 6.25. The molecule has 0 radical (unpaired) electrons. The lowest BCUT2D eigenvalue weighted by molar-refractivity contribution is -0.123. The summed E-state index contributed by atoms with van der Waals surface area (Å²) in [6.45, 7) is 11.2. The van der Waals surface area contributed by atoms with Crippen molar-refractivity contribution in [2.45, 2.75) is 89.3 Å². The molecule has 2 aromatic carbocycles. The van der Waals surface area contributed by atoms with Crippen LogP contribution in [0.2, 0.25) is 18.1 Å². The topological polar surface area (TPSA) is 116 Å². The number of amides is 2. The van der Waals surface area contributed by atoms with Crippen LogP contribution in [0.5, 0.6) is 0 Å². The van der Waals surface area contributed by atoms with Gasteiger partial charge in [-0.15, -0.1) is 11.3 Å². The molecule has 3 atom stereocenters. The first kappa shape index (κ1) is 33.4. The van der Waals surface area contributed by atoms with E-state index in [1.54, 1.807) is 11.7 Å². The molecular formula is C32H46N4O4SSi. The molecule has 4 N–H and O–H groups in total. The van der Waals surface area contributed by atoms with Crippen LogP contribution in [0.4, 0.5) is 4.79 Å². The molecule has 2 amide bonds. The van der Waals surface area contributed by atoms with Gasteiger partial charge in [-0.05, 0) is 54.9 Å². The van der Waals surface area contributed by atoms with Crippen LogP contribution in [-0.2, 0) is 33.4 Å². The zero-order chi connectivity index (χ0) is 30.6. The number of nitrogens with zero attached hydrogens (tertiary/aromatic N) is 1. The molecular weight excluding hydrogens is 565 g/mol. The molecule has 228 valence electrons. The smallest absolute Gasteiger partial charge is 0.407 e. The van der Waals surface area contributed by atoms with Crippen molar-refractivity contribution in [3.05, 3.63) is 88.4 Å². The van der Waals surface area contributed by atoms with Crippen molar-refractivity contribution in [2.24, 2.45) is 5.73 Å². The van der Waals surface area contributed by atoms with Crippen molar-refractivity contribution in [1.29, 1.82) is 0 Å². The minimum Gasteiger partial charge on any atom is -0.444 e. The van der Waals surface area contributed by atoms with Gasteiger partial charge in [0.15, 0.2) is 8.32 Å². The predicted octanol–water partition coefficient (Wildman–Crippen LogP) is 5.84. The minimum atomic E-state index is -2.04. The van der Waals surface area contributed by atoms with Gasteiger partial charge in [0.25, 0.3) is 0 Å². The molecule has 0 aliphatic carbocycles. The second kappa shape index (κ2) is 16.0. The number of benzene rings is 2. The molecule has 1 heterocycles. The van der Waals surface area contributed by atoms with E-state index >= 15 is 0 Å². The van der Waals surface area contributed by atoms with E-state index in [2.05, 4.69) is 61.6 Å². The summed E-state index contributed by atoms with van der Waals surface area (Å²) in [6.07, 6.45) is 3.79. The van der Waals surface area contributed by atoms with Crippen molar-refractivity contribution in [3.8, 4) is 0 Å². The summed E-state index contributed by atoms with van der Waals surface area (Å²) in [4.78, 5) is 30.9. The SMILES string of the molecule is CC(C)(C)[Si](C)(C)OC[C@H](N)C(=O)N[C@@H](CC[C@@H](Cc1ccccc1)NC(=O)OCc1cncs1)Cc1ccccc1. The molecule has 1 aromatic heterocycles. The molecule has 0 saturated heterocycles. The fraction of sp³-hybridized carbons (Fsp3) is 0.469. The van der Waals surface area contributed by atoms with Crippen LogP contribution >= 0.6 is 11.3 Å². The van der Waals surface area contributed by atoms with Crippen LogP contribution in [0, 0.1) is 0 Å². The maximum Gasteiger partial charge on any atom is 0.407 e. The second-order valence-electron chi connectivity index (χ2n) is 12.2. The van der Waals surface area contributed by atoms with Crippen molar-refractivity contribution in [2.75, 3.05) is 6.61 Å². The van der Waals surface area contributed by atoms with E-state index < -0.39 is 20.5 Å². The maximum absolute atomic E-state index is 13.2. The lowest BCUT2D eigenvalue weighted by Crippen LogP contribution is -2.51. The average Bonchev–Trinajstić information content (AvgIpc) is 3.48.